The third-order valence-electron chi connectivity index (χ3n) is 5.82. The second kappa shape index (κ2) is 8.37. The monoisotopic (exact) mass is 454 g/mol. The number of aromatic nitrogens is 2. The van der Waals surface area contributed by atoms with E-state index in [9.17, 15) is 16.8 Å². The van der Waals surface area contributed by atoms with Crippen LogP contribution in [0.15, 0.2) is 33.7 Å². The summed E-state index contributed by atoms with van der Waals surface area (Å²) in [5.41, 5.74) is 0.677. The molecule has 0 spiro atoms. The summed E-state index contributed by atoms with van der Waals surface area (Å²) in [6.07, 6.45) is 3.06. The van der Waals surface area contributed by atoms with Crippen LogP contribution >= 0.6 is 0 Å². The first-order valence-corrected chi connectivity index (χ1v) is 13.3. The Kier molecular flexibility index (Phi) is 5.97. The van der Waals surface area contributed by atoms with Gasteiger partial charge in [0.05, 0.1) is 10.6 Å². The molecule has 0 unspecified atom stereocenters. The van der Waals surface area contributed by atoms with E-state index in [0.717, 1.165) is 12.8 Å². The van der Waals surface area contributed by atoms with E-state index >= 15 is 0 Å². The standard InChI is InChI=1S/C19H26N4O5S2/c1-2-29(24,25)22-13-9-16(10-14-22)19-20-18(21-28-19)15-5-7-17(8-6-15)30(26,27)23-11-3-4-12-23/h5-8,16H,2-4,9-14H2,1H3. The molecule has 2 aliphatic rings. The number of hydrogen-bond donors (Lipinski definition) is 0. The second-order valence-corrected chi connectivity index (χ2v) is 11.9. The average molecular weight is 455 g/mol. The zero-order valence-electron chi connectivity index (χ0n) is 16.9. The molecule has 11 heteroatoms. The van der Waals surface area contributed by atoms with Gasteiger partial charge in [-0.2, -0.15) is 9.29 Å². The van der Waals surface area contributed by atoms with E-state index in [1.54, 1.807) is 31.2 Å². The van der Waals surface area contributed by atoms with Gasteiger partial charge >= 0.3 is 0 Å². The lowest BCUT2D eigenvalue weighted by Crippen LogP contribution is -2.38. The largest absolute Gasteiger partial charge is 0.339 e. The van der Waals surface area contributed by atoms with Gasteiger partial charge in [-0.15, -0.1) is 0 Å². The highest BCUT2D eigenvalue weighted by Crippen LogP contribution is 2.30. The number of nitrogens with zero attached hydrogens (tertiary/aromatic N) is 4. The fourth-order valence-corrected chi connectivity index (χ4v) is 6.58. The molecule has 1 aromatic carbocycles. The fraction of sp³-hybridized carbons (Fsp3) is 0.579. The van der Waals surface area contributed by atoms with E-state index in [4.69, 9.17) is 4.52 Å². The van der Waals surface area contributed by atoms with Crippen molar-refractivity contribution in [1.82, 2.24) is 18.8 Å². The molecule has 9 nitrogen and oxygen atoms in total. The van der Waals surface area contributed by atoms with Crippen LogP contribution in [0.2, 0.25) is 0 Å². The number of sulfonamides is 2. The highest BCUT2D eigenvalue weighted by atomic mass is 32.2. The van der Waals surface area contributed by atoms with Crippen LogP contribution in [0.25, 0.3) is 11.4 Å². The first kappa shape index (κ1) is 21.4. The van der Waals surface area contributed by atoms with Gasteiger partial charge < -0.3 is 4.52 Å². The van der Waals surface area contributed by atoms with Gasteiger partial charge in [0.25, 0.3) is 0 Å². The molecule has 1 aromatic heterocycles. The molecule has 0 aliphatic carbocycles. The van der Waals surface area contributed by atoms with Gasteiger partial charge in [0, 0.05) is 37.7 Å². The van der Waals surface area contributed by atoms with Crippen molar-refractivity contribution in [3.63, 3.8) is 0 Å². The van der Waals surface area contributed by atoms with Gasteiger partial charge in [0.1, 0.15) is 0 Å². The Hall–Kier alpha value is -1.82. The maximum atomic E-state index is 12.6. The van der Waals surface area contributed by atoms with E-state index in [-0.39, 0.29) is 16.6 Å². The van der Waals surface area contributed by atoms with Crippen LogP contribution in [0, 0.1) is 0 Å². The lowest BCUT2D eigenvalue weighted by Gasteiger charge is -2.29. The Balaban J connectivity index is 1.44. The first-order chi connectivity index (χ1) is 14.3. The molecule has 2 fully saturated rings. The molecule has 2 aliphatic heterocycles. The molecule has 0 bridgehead atoms. The molecule has 3 heterocycles. The molecule has 0 radical (unpaired) electrons. The molecule has 2 aromatic rings. The predicted molar refractivity (Wildman–Crippen MR) is 111 cm³/mol. The summed E-state index contributed by atoms with van der Waals surface area (Å²) in [4.78, 5) is 4.74. The van der Waals surface area contributed by atoms with Crippen molar-refractivity contribution in [3.05, 3.63) is 30.2 Å². The van der Waals surface area contributed by atoms with Crippen LogP contribution in [0.3, 0.4) is 0 Å². The highest BCUT2D eigenvalue weighted by molar-refractivity contribution is 7.89. The van der Waals surface area contributed by atoms with Crippen LogP contribution < -0.4 is 0 Å². The highest BCUT2D eigenvalue weighted by Gasteiger charge is 2.31. The summed E-state index contributed by atoms with van der Waals surface area (Å²) >= 11 is 0. The summed E-state index contributed by atoms with van der Waals surface area (Å²) < 4.78 is 57.7. The number of rotatable bonds is 6. The topological polar surface area (TPSA) is 114 Å². The number of benzene rings is 1. The SMILES string of the molecule is CCS(=O)(=O)N1CCC(c2nc(-c3ccc(S(=O)(=O)N4CCCC4)cc3)no2)CC1. The van der Waals surface area contributed by atoms with Crippen LogP contribution in [-0.4, -0.2) is 67.5 Å². The minimum atomic E-state index is -3.45. The van der Waals surface area contributed by atoms with Gasteiger partial charge in [-0.05, 0) is 56.9 Å². The summed E-state index contributed by atoms with van der Waals surface area (Å²) in [7, 11) is -6.63. The fourth-order valence-electron chi connectivity index (χ4n) is 3.94. The third kappa shape index (κ3) is 4.16. The predicted octanol–water partition coefficient (Wildman–Crippen LogP) is 2.05. The normalized spacial score (nSPS) is 20.0. The Bertz CT molecular complexity index is 1080. The van der Waals surface area contributed by atoms with E-state index in [1.165, 1.54) is 8.61 Å². The summed E-state index contributed by atoms with van der Waals surface area (Å²) in [5.74, 6) is 1.02. The third-order valence-corrected chi connectivity index (χ3v) is 9.61. The first-order valence-electron chi connectivity index (χ1n) is 10.2. The molecule has 0 N–H and O–H groups in total. The van der Waals surface area contributed by atoms with E-state index in [2.05, 4.69) is 10.1 Å². The second-order valence-electron chi connectivity index (χ2n) is 7.67. The summed E-state index contributed by atoms with van der Waals surface area (Å²) in [6.45, 7) is 3.67. The van der Waals surface area contributed by atoms with Gasteiger partial charge in [0.15, 0.2) is 0 Å². The Morgan fingerprint density at radius 2 is 1.60 bits per heavy atom. The van der Waals surface area contributed by atoms with Crippen LogP contribution in [0.4, 0.5) is 0 Å². The van der Waals surface area contributed by atoms with Crippen molar-refractivity contribution in [1.29, 1.82) is 0 Å². The number of piperidine rings is 1. The lowest BCUT2D eigenvalue weighted by molar-refractivity contribution is 0.271. The molecule has 2 saturated heterocycles. The lowest BCUT2D eigenvalue weighted by atomic mass is 9.98. The molecule has 30 heavy (non-hydrogen) atoms. The molecular weight excluding hydrogens is 428 g/mol. The molecule has 164 valence electrons. The minimum absolute atomic E-state index is 0.0179. The average Bonchev–Trinajstić information content (AvgIpc) is 3.47. The minimum Gasteiger partial charge on any atom is -0.339 e. The number of hydrogen-bond acceptors (Lipinski definition) is 7. The Morgan fingerprint density at radius 3 is 2.20 bits per heavy atom. The van der Waals surface area contributed by atoms with Gasteiger partial charge in [-0.3, -0.25) is 0 Å². The zero-order chi connectivity index (χ0) is 21.4. The maximum Gasteiger partial charge on any atom is 0.243 e. The molecular formula is C19H26N4O5S2. The van der Waals surface area contributed by atoms with Crippen molar-refractivity contribution < 1.29 is 21.4 Å². The van der Waals surface area contributed by atoms with E-state index in [0.29, 0.717) is 56.3 Å². The maximum absolute atomic E-state index is 12.6. The molecule has 0 saturated carbocycles. The van der Waals surface area contributed by atoms with Crippen LogP contribution in [-0.2, 0) is 20.0 Å². The van der Waals surface area contributed by atoms with Gasteiger partial charge in [0.2, 0.25) is 31.8 Å². The van der Waals surface area contributed by atoms with Crippen molar-refractivity contribution in [2.75, 3.05) is 31.9 Å². The summed E-state index contributed by atoms with van der Waals surface area (Å²) in [6, 6.07) is 6.53. The van der Waals surface area contributed by atoms with Gasteiger partial charge in [-0.25, -0.2) is 21.1 Å². The quantitative estimate of drug-likeness (QED) is 0.656. The Labute approximate surface area is 177 Å². The smallest absolute Gasteiger partial charge is 0.243 e. The molecule has 4 rings (SSSR count). The van der Waals surface area contributed by atoms with Crippen LogP contribution in [0.5, 0.6) is 0 Å². The Morgan fingerprint density at radius 1 is 0.967 bits per heavy atom. The van der Waals surface area contributed by atoms with Crippen molar-refractivity contribution >= 4 is 20.0 Å². The zero-order valence-corrected chi connectivity index (χ0v) is 18.5. The van der Waals surface area contributed by atoms with Crippen molar-refractivity contribution in [2.24, 2.45) is 0 Å². The van der Waals surface area contributed by atoms with Crippen molar-refractivity contribution in [3.8, 4) is 11.4 Å². The van der Waals surface area contributed by atoms with Crippen molar-refractivity contribution in [2.45, 2.75) is 43.4 Å². The van der Waals surface area contributed by atoms with E-state index < -0.39 is 20.0 Å². The molecule has 0 amide bonds. The summed E-state index contributed by atoms with van der Waals surface area (Å²) in [5, 5.41) is 4.04. The van der Waals surface area contributed by atoms with Gasteiger partial charge in [-0.1, -0.05) is 5.16 Å². The molecule has 0 atom stereocenters. The van der Waals surface area contributed by atoms with Crippen LogP contribution in [0.1, 0.15) is 44.4 Å². The van der Waals surface area contributed by atoms with E-state index in [1.807, 2.05) is 0 Å².